The van der Waals surface area contributed by atoms with E-state index in [4.69, 9.17) is 4.74 Å². The first kappa shape index (κ1) is 20.7. The molecule has 160 valence electrons. The molecule has 0 spiro atoms. The molecule has 1 atom stereocenters. The van der Waals surface area contributed by atoms with Crippen LogP contribution in [0.4, 0.5) is 4.79 Å². The Morgan fingerprint density at radius 2 is 1.57 bits per heavy atom. The maximum Gasteiger partial charge on any atom is 0.321 e. The highest BCUT2D eigenvalue weighted by Crippen LogP contribution is 2.36. The van der Waals surface area contributed by atoms with E-state index in [1.165, 1.54) is 4.31 Å². The van der Waals surface area contributed by atoms with Crippen LogP contribution >= 0.6 is 0 Å². The first-order chi connectivity index (χ1) is 14.5. The number of nitrogens with zero attached hydrogens (tertiary/aromatic N) is 3. The highest BCUT2D eigenvalue weighted by atomic mass is 32.2. The molecular weight excluding hydrogens is 402 g/mol. The Morgan fingerprint density at radius 1 is 0.900 bits per heavy atom. The smallest absolute Gasteiger partial charge is 0.321 e. The third kappa shape index (κ3) is 3.89. The minimum Gasteiger partial charge on any atom is -0.497 e. The van der Waals surface area contributed by atoms with Gasteiger partial charge in [-0.2, -0.15) is 4.31 Å². The number of urea groups is 1. The van der Waals surface area contributed by atoms with Crippen molar-refractivity contribution in [2.45, 2.75) is 30.3 Å². The lowest BCUT2D eigenvalue weighted by molar-refractivity contribution is 0.127. The molecule has 2 saturated heterocycles. The van der Waals surface area contributed by atoms with Crippen LogP contribution in [0.2, 0.25) is 0 Å². The van der Waals surface area contributed by atoms with Crippen LogP contribution in [0, 0.1) is 0 Å². The van der Waals surface area contributed by atoms with Gasteiger partial charge < -0.3 is 14.5 Å². The van der Waals surface area contributed by atoms with Gasteiger partial charge in [-0.15, -0.1) is 0 Å². The fourth-order valence-corrected chi connectivity index (χ4v) is 5.77. The standard InChI is InChI=1S/C22H27N3O4S/c1-29-19-12-10-18(11-13-19)21-24(22(26)23-14-6-3-7-15-23)16-17-25(21)30(27,28)20-8-4-2-5-9-20/h2,4-5,8-13,21H,3,6-7,14-17H2,1H3. The summed E-state index contributed by atoms with van der Waals surface area (Å²) < 4.78 is 33.6. The minimum absolute atomic E-state index is 0.0960. The third-order valence-electron chi connectivity index (χ3n) is 5.77. The van der Waals surface area contributed by atoms with E-state index < -0.39 is 16.2 Å². The van der Waals surface area contributed by atoms with E-state index in [1.54, 1.807) is 54.5 Å². The Balaban J connectivity index is 1.71. The number of sulfonamides is 1. The van der Waals surface area contributed by atoms with Crippen LogP contribution in [0.15, 0.2) is 59.5 Å². The topological polar surface area (TPSA) is 70.2 Å². The molecule has 2 aliphatic heterocycles. The Hall–Kier alpha value is -2.58. The molecule has 30 heavy (non-hydrogen) atoms. The summed E-state index contributed by atoms with van der Waals surface area (Å²) in [4.78, 5) is 17.1. The number of amides is 2. The van der Waals surface area contributed by atoms with Gasteiger partial charge in [0, 0.05) is 26.2 Å². The fraction of sp³-hybridized carbons (Fsp3) is 0.409. The first-order valence-electron chi connectivity index (χ1n) is 10.3. The number of hydrogen-bond acceptors (Lipinski definition) is 4. The van der Waals surface area contributed by atoms with Gasteiger partial charge in [0.2, 0.25) is 10.0 Å². The van der Waals surface area contributed by atoms with Crippen LogP contribution in [0.1, 0.15) is 31.0 Å². The quantitative estimate of drug-likeness (QED) is 0.748. The second-order valence-electron chi connectivity index (χ2n) is 7.60. The van der Waals surface area contributed by atoms with E-state index in [1.807, 2.05) is 17.0 Å². The largest absolute Gasteiger partial charge is 0.497 e. The SMILES string of the molecule is COc1ccc(C2N(C(=O)N3CCCCC3)CCN2S(=O)(=O)c2ccccc2)cc1. The van der Waals surface area contributed by atoms with Gasteiger partial charge in [-0.05, 0) is 49.1 Å². The lowest BCUT2D eigenvalue weighted by Crippen LogP contribution is -2.46. The number of rotatable bonds is 4. The summed E-state index contributed by atoms with van der Waals surface area (Å²) in [5.74, 6) is 0.683. The molecule has 2 fully saturated rings. The average Bonchev–Trinajstić information content (AvgIpc) is 3.26. The first-order valence-corrected chi connectivity index (χ1v) is 11.7. The van der Waals surface area contributed by atoms with Crippen LogP contribution in [0.3, 0.4) is 0 Å². The van der Waals surface area contributed by atoms with Gasteiger partial charge in [-0.1, -0.05) is 30.3 Å². The Bertz CT molecular complexity index is 973. The zero-order valence-electron chi connectivity index (χ0n) is 17.1. The minimum atomic E-state index is -3.76. The molecule has 2 amide bonds. The fourth-order valence-electron chi connectivity index (χ4n) is 4.18. The summed E-state index contributed by atoms with van der Waals surface area (Å²) >= 11 is 0. The molecule has 8 heteroatoms. The molecule has 0 radical (unpaired) electrons. The lowest BCUT2D eigenvalue weighted by Gasteiger charge is -2.35. The van der Waals surface area contributed by atoms with Crippen LogP contribution in [-0.4, -0.2) is 61.8 Å². The van der Waals surface area contributed by atoms with Crippen molar-refractivity contribution in [3.05, 3.63) is 60.2 Å². The summed E-state index contributed by atoms with van der Waals surface area (Å²) in [6.45, 7) is 2.05. The van der Waals surface area contributed by atoms with Crippen molar-refractivity contribution in [3.8, 4) is 5.75 Å². The van der Waals surface area contributed by atoms with E-state index in [2.05, 4.69) is 0 Å². The molecule has 0 bridgehead atoms. The number of benzene rings is 2. The number of methoxy groups -OCH3 is 1. The molecule has 4 rings (SSSR count). The predicted molar refractivity (Wildman–Crippen MR) is 114 cm³/mol. The zero-order valence-corrected chi connectivity index (χ0v) is 17.9. The van der Waals surface area contributed by atoms with Gasteiger partial charge in [0.05, 0.1) is 12.0 Å². The van der Waals surface area contributed by atoms with Crippen LogP contribution in [0.5, 0.6) is 5.75 Å². The Morgan fingerprint density at radius 3 is 2.20 bits per heavy atom. The van der Waals surface area contributed by atoms with Gasteiger partial charge in [-0.25, -0.2) is 13.2 Å². The van der Waals surface area contributed by atoms with E-state index in [-0.39, 0.29) is 17.5 Å². The Labute approximate surface area is 177 Å². The Kier molecular flexibility index (Phi) is 5.97. The molecular formula is C22H27N3O4S. The van der Waals surface area contributed by atoms with Gasteiger partial charge in [0.15, 0.2) is 0 Å². The van der Waals surface area contributed by atoms with E-state index >= 15 is 0 Å². The number of hydrogen-bond donors (Lipinski definition) is 0. The van der Waals surface area contributed by atoms with E-state index in [9.17, 15) is 13.2 Å². The summed E-state index contributed by atoms with van der Waals surface area (Å²) in [6, 6.07) is 15.6. The molecule has 0 N–H and O–H groups in total. The maximum absolute atomic E-state index is 13.4. The zero-order chi connectivity index (χ0) is 21.1. The maximum atomic E-state index is 13.4. The van der Waals surface area contributed by atoms with Crippen LogP contribution < -0.4 is 4.74 Å². The molecule has 2 aliphatic rings. The van der Waals surface area contributed by atoms with Crippen molar-refractivity contribution in [2.24, 2.45) is 0 Å². The number of ether oxygens (including phenoxy) is 1. The van der Waals surface area contributed by atoms with Crippen molar-refractivity contribution >= 4 is 16.1 Å². The molecule has 0 saturated carbocycles. The van der Waals surface area contributed by atoms with Crippen molar-refractivity contribution < 1.29 is 17.9 Å². The van der Waals surface area contributed by atoms with E-state index in [0.29, 0.717) is 12.3 Å². The van der Waals surface area contributed by atoms with Crippen molar-refractivity contribution in [1.29, 1.82) is 0 Å². The molecule has 2 heterocycles. The normalized spacial score (nSPS) is 20.4. The highest BCUT2D eigenvalue weighted by molar-refractivity contribution is 7.89. The summed E-state index contributed by atoms with van der Waals surface area (Å²) in [7, 11) is -2.17. The molecule has 2 aromatic rings. The van der Waals surface area contributed by atoms with Gasteiger partial charge in [0.25, 0.3) is 0 Å². The highest BCUT2D eigenvalue weighted by Gasteiger charge is 2.44. The predicted octanol–water partition coefficient (Wildman–Crippen LogP) is 3.31. The lowest BCUT2D eigenvalue weighted by atomic mass is 10.1. The summed E-state index contributed by atoms with van der Waals surface area (Å²) in [5.41, 5.74) is 0.748. The summed E-state index contributed by atoms with van der Waals surface area (Å²) in [5, 5.41) is 0. The molecule has 0 aromatic heterocycles. The van der Waals surface area contributed by atoms with Gasteiger partial charge in [0.1, 0.15) is 11.9 Å². The number of piperidine rings is 1. The van der Waals surface area contributed by atoms with Crippen molar-refractivity contribution in [3.63, 3.8) is 0 Å². The van der Waals surface area contributed by atoms with E-state index in [0.717, 1.165) is 37.9 Å². The number of carbonyl (C=O) groups is 1. The number of carbonyl (C=O) groups excluding carboxylic acids is 1. The molecule has 1 unspecified atom stereocenters. The monoisotopic (exact) mass is 429 g/mol. The third-order valence-corrected chi connectivity index (χ3v) is 7.63. The molecule has 7 nitrogen and oxygen atoms in total. The average molecular weight is 430 g/mol. The second kappa shape index (κ2) is 8.65. The van der Waals surface area contributed by atoms with Gasteiger partial charge >= 0.3 is 6.03 Å². The second-order valence-corrected chi connectivity index (χ2v) is 9.49. The van der Waals surface area contributed by atoms with Gasteiger partial charge in [-0.3, -0.25) is 0 Å². The van der Waals surface area contributed by atoms with Crippen LogP contribution in [0.25, 0.3) is 0 Å². The van der Waals surface area contributed by atoms with Crippen molar-refractivity contribution in [1.82, 2.24) is 14.1 Å². The summed E-state index contributed by atoms with van der Waals surface area (Å²) in [6.07, 6.45) is 2.41. The molecule has 2 aromatic carbocycles. The molecule has 0 aliphatic carbocycles. The van der Waals surface area contributed by atoms with Crippen molar-refractivity contribution in [2.75, 3.05) is 33.3 Å². The van der Waals surface area contributed by atoms with Crippen LogP contribution in [-0.2, 0) is 10.0 Å². The number of likely N-dealkylation sites (tertiary alicyclic amines) is 1.